The van der Waals surface area contributed by atoms with Crippen molar-refractivity contribution < 1.29 is 23.1 Å². The van der Waals surface area contributed by atoms with Gasteiger partial charge in [-0.15, -0.1) is 0 Å². The topological polar surface area (TPSA) is 91.8 Å². The van der Waals surface area contributed by atoms with Crippen molar-refractivity contribution in [3.63, 3.8) is 0 Å². The van der Waals surface area contributed by atoms with Crippen LogP contribution in [-0.4, -0.2) is 34.5 Å². The van der Waals surface area contributed by atoms with Crippen LogP contribution in [0.25, 0.3) is 0 Å². The van der Waals surface area contributed by atoms with E-state index in [-0.39, 0.29) is 6.54 Å². The summed E-state index contributed by atoms with van der Waals surface area (Å²) >= 11 is 0. The number of rotatable bonds is 4. The second-order valence-corrected chi connectivity index (χ2v) is 8.04. The molecule has 1 amide bonds. The van der Waals surface area contributed by atoms with E-state index in [4.69, 9.17) is 5.11 Å². The summed E-state index contributed by atoms with van der Waals surface area (Å²) in [5, 5.41) is 8.93. The van der Waals surface area contributed by atoms with Crippen LogP contribution in [0.2, 0.25) is 0 Å². The number of nitrogens with zero attached hydrogens (tertiary/aromatic N) is 1. The number of hydrogen-bond donors (Lipinski definition) is 1. The predicted molar refractivity (Wildman–Crippen MR) is 76.0 cm³/mol. The van der Waals surface area contributed by atoms with Gasteiger partial charge >= 0.3 is 5.97 Å². The van der Waals surface area contributed by atoms with Crippen LogP contribution in [0, 0.1) is 0 Å². The molecule has 114 valence electrons. The highest BCUT2D eigenvalue weighted by Gasteiger charge is 2.59. The molecule has 0 bridgehead atoms. The minimum atomic E-state index is -3.60. The lowest BCUT2D eigenvalue weighted by atomic mass is 10.00. The van der Waals surface area contributed by atoms with E-state index in [9.17, 15) is 18.0 Å². The van der Waals surface area contributed by atoms with Crippen LogP contribution < -0.4 is 0 Å². The Kier molecular flexibility index (Phi) is 3.57. The molecule has 0 saturated carbocycles. The van der Waals surface area contributed by atoms with Crippen LogP contribution in [0.1, 0.15) is 37.8 Å². The molecular formula is C14H17NO5S. The fraction of sp³-hybridized carbons (Fsp3) is 0.429. The number of hydrogen-bond acceptors (Lipinski definition) is 4. The van der Waals surface area contributed by atoms with Gasteiger partial charge in [-0.1, -0.05) is 24.3 Å². The largest absolute Gasteiger partial charge is 0.481 e. The summed E-state index contributed by atoms with van der Waals surface area (Å²) in [6.45, 7) is 4.33. The molecule has 7 heteroatoms. The smallest absolute Gasteiger partial charge is 0.310 e. The number of sulfonamides is 1. The Hall–Kier alpha value is -1.89. The highest BCUT2D eigenvalue weighted by atomic mass is 32.2. The van der Waals surface area contributed by atoms with Crippen LogP contribution in [0.5, 0.6) is 0 Å². The minimum absolute atomic E-state index is 0.0215. The highest BCUT2D eigenvalue weighted by molar-refractivity contribution is 7.94. The summed E-state index contributed by atoms with van der Waals surface area (Å²) in [5.74, 6) is -1.98. The molecule has 1 unspecified atom stereocenters. The Labute approximate surface area is 123 Å². The monoisotopic (exact) mass is 311 g/mol. The standard InChI is InChI=1S/C14H17NO5S/c1-9(12(16)17)11-6-4-10(5-7-11)8-15-13(18)14(2,3)21(15,19)20/h4-7,9H,8H2,1-3H3,(H,16,17). The van der Waals surface area contributed by atoms with E-state index in [0.29, 0.717) is 11.1 Å². The van der Waals surface area contributed by atoms with Crippen molar-refractivity contribution in [3.05, 3.63) is 35.4 Å². The number of carboxylic acid groups (broad SMARTS) is 1. The lowest BCUT2D eigenvalue weighted by Gasteiger charge is -2.43. The van der Waals surface area contributed by atoms with E-state index < -0.39 is 32.6 Å². The summed E-state index contributed by atoms with van der Waals surface area (Å²) in [7, 11) is -3.60. The number of amides is 1. The van der Waals surface area contributed by atoms with Crippen LogP contribution >= 0.6 is 0 Å². The number of aliphatic carboxylic acids is 1. The highest BCUT2D eigenvalue weighted by Crippen LogP contribution is 2.36. The van der Waals surface area contributed by atoms with Crippen molar-refractivity contribution in [1.82, 2.24) is 4.31 Å². The summed E-state index contributed by atoms with van der Waals surface area (Å²) in [6, 6.07) is 6.55. The summed E-state index contributed by atoms with van der Waals surface area (Å²) in [6.07, 6.45) is 0. The zero-order valence-electron chi connectivity index (χ0n) is 12.0. The summed E-state index contributed by atoms with van der Waals surface area (Å²) in [5.41, 5.74) is 1.27. The Morgan fingerprint density at radius 1 is 1.29 bits per heavy atom. The lowest BCUT2D eigenvalue weighted by Crippen LogP contribution is -2.66. The zero-order valence-corrected chi connectivity index (χ0v) is 12.8. The molecule has 0 radical (unpaired) electrons. The first kappa shape index (κ1) is 15.5. The molecule has 6 nitrogen and oxygen atoms in total. The Balaban J connectivity index is 2.16. The molecule has 0 spiro atoms. The third-order valence-electron chi connectivity index (χ3n) is 3.85. The molecule has 21 heavy (non-hydrogen) atoms. The second kappa shape index (κ2) is 4.84. The zero-order chi connectivity index (χ0) is 16.0. The average Bonchev–Trinajstić information content (AvgIpc) is 2.43. The third-order valence-corrected chi connectivity index (χ3v) is 6.19. The van der Waals surface area contributed by atoms with E-state index in [2.05, 4.69) is 0 Å². The molecule has 0 aliphatic carbocycles. The van der Waals surface area contributed by atoms with Gasteiger partial charge in [-0.25, -0.2) is 12.7 Å². The van der Waals surface area contributed by atoms with Crippen molar-refractivity contribution in [1.29, 1.82) is 0 Å². The molecule has 2 rings (SSSR count). The van der Waals surface area contributed by atoms with E-state index in [1.165, 1.54) is 13.8 Å². The Morgan fingerprint density at radius 2 is 1.81 bits per heavy atom. The number of benzene rings is 1. The van der Waals surface area contributed by atoms with Gasteiger partial charge in [-0.05, 0) is 31.9 Å². The molecule has 0 aromatic heterocycles. The SMILES string of the molecule is CC(C(=O)O)c1ccc(CN2C(=O)C(C)(C)S2(=O)=O)cc1. The van der Waals surface area contributed by atoms with Gasteiger partial charge in [-0.3, -0.25) is 9.59 Å². The quantitative estimate of drug-likeness (QED) is 0.905. The van der Waals surface area contributed by atoms with Crippen molar-refractivity contribution in [2.75, 3.05) is 0 Å². The van der Waals surface area contributed by atoms with Crippen molar-refractivity contribution >= 4 is 21.9 Å². The molecule has 1 aliphatic rings. The van der Waals surface area contributed by atoms with E-state index in [0.717, 1.165) is 4.31 Å². The second-order valence-electron chi connectivity index (χ2n) is 5.63. The molecule has 1 heterocycles. The van der Waals surface area contributed by atoms with Crippen LogP contribution in [0.15, 0.2) is 24.3 Å². The number of carbonyl (C=O) groups excluding carboxylic acids is 1. The summed E-state index contributed by atoms with van der Waals surface area (Å²) in [4.78, 5) is 22.7. The van der Waals surface area contributed by atoms with Crippen LogP contribution in [0.4, 0.5) is 0 Å². The Bertz CT molecular complexity index is 691. The number of carboxylic acids is 1. The summed E-state index contributed by atoms with van der Waals surface area (Å²) < 4.78 is 23.4. The fourth-order valence-electron chi connectivity index (χ4n) is 2.13. The predicted octanol–water partition coefficient (Wildman–Crippen LogP) is 1.33. The van der Waals surface area contributed by atoms with Gasteiger partial charge < -0.3 is 5.11 Å². The maximum absolute atomic E-state index is 12.0. The molecule has 1 atom stereocenters. The van der Waals surface area contributed by atoms with Gasteiger partial charge in [0.15, 0.2) is 4.75 Å². The lowest BCUT2D eigenvalue weighted by molar-refractivity contribution is -0.138. The molecular weight excluding hydrogens is 294 g/mol. The number of carbonyl (C=O) groups is 2. The third kappa shape index (κ3) is 2.31. The maximum atomic E-state index is 12.0. The average molecular weight is 311 g/mol. The van der Waals surface area contributed by atoms with Crippen molar-refractivity contribution in [2.24, 2.45) is 0 Å². The normalized spacial score (nSPS) is 20.7. The van der Waals surface area contributed by atoms with Crippen molar-refractivity contribution in [2.45, 2.75) is 38.0 Å². The molecule has 1 fully saturated rings. The van der Waals surface area contributed by atoms with E-state index in [1.807, 2.05) is 0 Å². The molecule has 1 aliphatic heterocycles. The molecule has 1 saturated heterocycles. The molecule has 1 N–H and O–H groups in total. The Morgan fingerprint density at radius 3 is 2.24 bits per heavy atom. The first-order valence-corrected chi connectivity index (χ1v) is 7.91. The van der Waals surface area contributed by atoms with Gasteiger partial charge in [0, 0.05) is 0 Å². The molecule has 1 aromatic carbocycles. The van der Waals surface area contributed by atoms with Crippen molar-refractivity contribution in [3.8, 4) is 0 Å². The fourth-order valence-corrected chi connectivity index (χ4v) is 3.65. The van der Waals surface area contributed by atoms with E-state index in [1.54, 1.807) is 31.2 Å². The van der Waals surface area contributed by atoms with Gasteiger partial charge in [0.05, 0.1) is 12.5 Å². The van der Waals surface area contributed by atoms with E-state index >= 15 is 0 Å². The van der Waals surface area contributed by atoms with Gasteiger partial charge in [0.25, 0.3) is 15.9 Å². The van der Waals surface area contributed by atoms with Gasteiger partial charge in [0.1, 0.15) is 0 Å². The van der Waals surface area contributed by atoms with Gasteiger partial charge in [-0.2, -0.15) is 0 Å². The first-order valence-electron chi connectivity index (χ1n) is 6.47. The van der Waals surface area contributed by atoms with Gasteiger partial charge in [0.2, 0.25) is 0 Å². The minimum Gasteiger partial charge on any atom is -0.481 e. The van der Waals surface area contributed by atoms with Crippen LogP contribution in [-0.2, 0) is 26.2 Å². The first-order chi connectivity index (χ1) is 9.59. The maximum Gasteiger partial charge on any atom is 0.310 e. The van der Waals surface area contributed by atoms with Crippen LogP contribution in [0.3, 0.4) is 0 Å². The molecule has 1 aromatic rings.